The Morgan fingerprint density at radius 1 is 1.48 bits per heavy atom. The lowest BCUT2D eigenvalue weighted by molar-refractivity contribution is -0.124. The third-order valence-corrected chi connectivity index (χ3v) is 4.07. The average molecular weight is 293 g/mol. The van der Waals surface area contributed by atoms with Gasteiger partial charge in [0.2, 0.25) is 5.91 Å². The van der Waals surface area contributed by atoms with E-state index < -0.39 is 12.1 Å². The maximum absolute atomic E-state index is 11.9. The zero-order valence-corrected chi connectivity index (χ0v) is 13.0. The minimum absolute atomic E-state index is 0.334. The molecule has 2 N–H and O–H groups in total. The summed E-state index contributed by atoms with van der Waals surface area (Å²) in [5.41, 5.74) is 0. The van der Waals surface area contributed by atoms with Crippen molar-refractivity contribution in [1.82, 2.24) is 15.5 Å². The number of carbonyl (C=O) groups is 2. The van der Waals surface area contributed by atoms with E-state index in [0.717, 1.165) is 11.5 Å². The summed E-state index contributed by atoms with van der Waals surface area (Å²) in [6.45, 7) is 4.50. The number of urea groups is 1. The summed E-state index contributed by atoms with van der Waals surface area (Å²) in [6.07, 6.45) is 1.19. The number of likely N-dealkylation sites (N-methyl/N-ethyl adjacent to an activating group) is 1. The maximum atomic E-state index is 11.9. The summed E-state index contributed by atoms with van der Waals surface area (Å²) in [5, 5.41) is 4.63. The third-order valence-electron chi connectivity index (χ3n) is 4.07. The van der Waals surface area contributed by atoms with Crippen molar-refractivity contribution < 1.29 is 14.0 Å². The van der Waals surface area contributed by atoms with E-state index in [1.807, 2.05) is 24.1 Å². The van der Waals surface area contributed by atoms with E-state index in [1.165, 1.54) is 13.5 Å². The molecule has 6 heteroatoms. The van der Waals surface area contributed by atoms with Crippen molar-refractivity contribution in [1.29, 1.82) is 0 Å². The van der Waals surface area contributed by atoms with Crippen LogP contribution in [-0.2, 0) is 11.3 Å². The fourth-order valence-electron chi connectivity index (χ4n) is 2.26. The topological polar surface area (TPSA) is 74.6 Å². The normalized spacial score (nSPS) is 22.0. The highest BCUT2D eigenvalue weighted by atomic mass is 16.3. The highest BCUT2D eigenvalue weighted by molar-refractivity contribution is 5.96. The molecule has 1 heterocycles. The summed E-state index contributed by atoms with van der Waals surface area (Å²) in [7, 11) is 3.30. The standard InChI is InChI=1S/C15H23N3O3/c1-9-7-12(9)13-6-5-11(21-13)8-18(4)10(2)14(19)17-15(20)16-3/h5-6,9-10,12H,7-8H2,1-4H3,(H2,16,17,19,20)/t9-,10-,12-/m0/s1. The van der Waals surface area contributed by atoms with Crippen LogP contribution in [0.25, 0.3) is 0 Å². The van der Waals surface area contributed by atoms with Crippen LogP contribution in [0.5, 0.6) is 0 Å². The minimum Gasteiger partial charge on any atom is -0.464 e. The summed E-state index contributed by atoms with van der Waals surface area (Å²) in [6, 6.07) is 3.06. The number of amides is 3. The van der Waals surface area contributed by atoms with Crippen molar-refractivity contribution in [2.45, 2.75) is 38.8 Å². The molecular formula is C15H23N3O3. The Kier molecular flexibility index (Phi) is 4.67. The van der Waals surface area contributed by atoms with Crippen LogP contribution in [-0.4, -0.2) is 37.0 Å². The quantitative estimate of drug-likeness (QED) is 0.866. The van der Waals surface area contributed by atoms with Gasteiger partial charge in [-0.3, -0.25) is 15.0 Å². The molecular weight excluding hydrogens is 270 g/mol. The Labute approximate surface area is 124 Å². The number of hydrogen-bond acceptors (Lipinski definition) is 4. The largest absolute Gasteiger partial charge is 0.464 e. The second kappa shape index (κ2) is 6.30. The Balaban J connectivity index is 1.88. The molecule has 3 atom stereocenters. The molecule has 1 aromatic heterocycles. The van der Waals surface area contributed by atoms with Gasteiger partial charge in [0.15, 0.2) is 0 Å². The van der Waals surface area contributed by atoms with E-state index in [-0.39, 0.29) is 5.91 Å². The number of rotatable bonds is 5. The number of nitrogens with one attached hydrogen (secondary N) is 2. The van der Waals surface area contributed by atoms with Crippen LogP contribution in [0.4, 0.5) is 4.79 Å². The fourth-order valence-corrected chi connectivity index (χ4v) is 2.26. The van der Waals surface area contributed by atoms with Crippen LogP contribution in [0, 0.1) is 5.92 Å². The van der Waals surface area contributed by atoms with Crippen LogP contribution >= 0.6 is 0 Å². The van der Waals surface area contributed by atoms with E-state index in [4.69, 9.17) is 4.42 Å². The molecule has 1 aromatic rings. The summed E-state index contributed by atoms with van der Waals surface area (Å²) in [5.74, 6) is 2.80. The number of furan rings is 1. The van der Waals surface area contributed by atoms with Gasteiger partial charge in [-0.05, 0) is 38.4 Å². The van der Waals surface area contributed by atoms with Crippen molar-refractivity contribution in [3.8, 4) is 0 Å². The van der Waals surface area contributed by atoms with Gasteiger partial charge in [0.25, 0.3) is 0 Å². The van der Waals surface area contributed by atoms with Gasteiger partial charge >= 0.3 is 6.03 Å². The number of nitrogens with zero attached hydrogens (tertiary/aromatic N) is 1. The molecule has 0 radical (unpaired) electrons. The van der Waals surface area contributed by atoms with Crippen LogP contribution in [0.2, 0.25) is 0 Å². The third kappa shape index (κ3) is 3.85. The smallest absolute Gasteiger partial charge is 0.321 e. The van der Waals surface area contributed by atoms with Crippen LogP contribution in [0.15, 0.2) is 16.5 Å². The van der Waals surface area contributed by atoms with E-state index in [0.29, 0.717) is 18.4 Å². The zero-order chi connectivity index (χ0) is 15.6. The van der Waals surface area contributed by atoms with Gasteiger partial charge in [0, 0.05) is 13.0 Å². The molecule has 0 aliphatic heterocycles. The predicted molar refractivity (Wildman–Crippen MR) is 78.8 cm³/mol. The predicted octanol–water partition coefficient (Wildman–Crippen LogP) is 1.68. The van der Waals surface area contributed by atoms with Gasteiger partial charge < -0.3 is 9.73 Å². The highest BCUT2D eigenvalue weighted by Gasteiger charge is 2.36. The molecule has 0 saturated heterocycles. The Bertz CT molecular complexity index is 526. The second-order valence-electron chi connectivity index (χ2n) is 5.78. The Morgan fingerprint density at radius 2 is 2.14 bits per heavy atom. The van der Waals surface area contributed by atoms with E-state index >= 15 is 0 Å². The fraction of sp³-hybridized carbons (Fsp3) is 0.600. The van der Waals surface area contributed by atoms with Crippen LogP contribution < -0.4 is 10.6 Å². The maximum Gasteiger partial charge on any atom is 0.321 e. The molecule has 6 nitrogen and oxygen atoms in total. The number of imide groups is 1. The van der Waals surface area contributed by atoms with Gasteiger partial charge in [0.1, 0.15) is 11.5 Å². The molecule has 1 fully saturated rings. The first-order chi connectivity index (χ1) is 9.92. The molecule has 0 bridgehead atoms. The molecule has 1 aliphatic carbocycles. The van der Waals surface area contributed by atoms with Crippen molar-refractivity contribution in [2.75, 3.05) is 14.1 Å². The molecule has 116 valence electrons. The molecule has 1 saturated carbocycles. The van der Waals surface area contributed by atoms with E-state index in [2.05, 4.69) is 17.6 Å². The van der Waals surface area contributed by atoms with Gasteiger partial charge in [-0.25, -0.2) is 4.79 Å². The second-order valence-corrected chi connectivity index (χ2v) is 5.78. The molecule has 0 unspecified atom stereocenters. The lowest BCUT2D eigenvalue weighted by Crippen LogP contribution is -2.47. The number of hydrogen-bond donors (Lipinski definition) is 2. The van der Waals surface area contributed by atoms with Crippen LogP contribution in [0.1, 0.15) is 37.7 Å². The van der Waals surface area contributed by atoms with Gasteiger partial charge in [-0.15, -0.1) is 0 Å². The SMILES string of the molecule is CNC(=O)NC(=O)[C@H](C)N(C)Cc1ccc([C@H]2C[C@@H]2C)o1. The van der Waals surface area contributed by atoms with E-state index in [9.17, 15) is 9.59 Å². The summed E-state index contributed by atoms with van der Waals surface area (Å²) < 4.78 is 5.83. The van der Waals surface area contributed by atoms with Crippen LogP contribution in [0.3, 0.4) is 0 Å². The average Bonchev–Trinajstić information content (AvgIpc) is 3.00. The number of carbonyl (C=O) groups excluding carboxylic acids is 2. The highest BCUT2D eigenvalue weighted by Crippen LogP contribution is 2.47. The Morgan fingerprint density at radius 3 is 2.71 bits per heavy atom. The van der Waals surface area contributed by atoms with Gasteiger partial charge in [-0.2, -0.15) is 0 Å². The molecule has 0 aromatic carbocycles. The summed E-state index contributed by atoms with van der Waals surface area (Å²) in [4.78, 5) is 24.9. The molecule has 3 amide bonds. The lowest BCUT2D eigenvalue weighted by atomic mass is 10.2. The Hall–Kier alpha value is -1.82. The zero-order valence-electron chi connectivity index (χ0n) is 13.0. The summed E-state index contributed by atoms with van der Waals surface area (Å²) >= 11 is 0. The lowest BCUT2D eigenvalue weighted by Gasteiger charge is -2.22. The first-order valence-corrected chi connectivity index (χ1v) is 7.23. The van der Waals surface area contributed by atoms with Gasteiger partial charge in [0.05, 0.1) is 12.6 Å². The molecule has 1 aliphatic rings. The first kappa shape index (κ1) is 15.6. The van der Waals surface area contributed by atoms with Crippen molar-refractivity contribution in [3.63, 3.8) is 0 Å². The van der Waals surface area contributed by atoms with Crippen molar-refractivity contribution in [3.05, 3.63) is 23.7 Å². The van der Waals surface area contributed by atoms with Crippen molar-refractivity contribution in [2.24, 2.45) is 5.92 Å². The van der Waals surface area contributed by atoms with E-state index in [1.54, 1.807) is 6.92 Å². The molecule has 2 rings (SSSR count). The monoisotopic (exact) mass is 293 g/mol. The molecule has 0 spiro atoms. The van der Waals surface area contributed by atoms with Crippen molar-refractivity contribution >= 4 is 11.9 Å². The minimum atomic E-state index is -0.497. The molecule has 21 heavy (non-hydrogen) atoms. The first-order valence-electron chi connectivity index (χ1n) is 7.23. The van der Waals surface area contributed by atoms with Gasteiger partial charge in [-0.1, -0.05) is 6.92 Å².